The van der Waals surface area contributed by atoms with E-state index in [1.165, 1.54) is 6.07 Å². The molecule has 3 N–H and O–H groups in total. The van der Waals surface area contributed by atoms with Gasteiger partial charge in [-0.05, 0) is 48.2 Å². The van der Waals surface area contributed by atoms with Crippen LogP contribution in [0.15, 0.2) is 36.4 Å². The molecule has 20 heavy (non-hydrogen) atoms. The fourth-order valence-electron chi connectivity index (χ4n) is 2.06. The lowest BCUT2D eigenvalue weighted by molar-refractivity contribution is 0.502. The number of nitrogens with one attached hydrogen (secondary N) is 1. The number of hydrogen-bond acceptors (Lipinski definition) is 2. The fraction of sp³-hybridized carbons (Fsp3) is 0.200. The van der Waals surface area contributed by atoms with E-state index in [-0.39, 0.29) is 6.04 Å². The van der Waals surface area contributed by atoms with Crippen molar-refractivity contribution < 1.29 is 8.78 Å². The fourth-order valence-corrected chi connectivity index (χ4v) is 2.18. The van der Waals surface area contributed by atoms with E-state index in [0.29, 0.717) is 17.0 Å². The third kappa shape index (κ3) is 3.33. The second-order valence-electron chi connectivity index (χ2n) is 4.68. The summed E-state index contributed by atoms with van der Waals surface area (Å²) in [6, 6.07) is 9.23. The Morgan fingerprint density at radius 3 is 2.50 bits per heavy atom. The average Bonchev–Trinajstić information content (AvgIpc) is 2.43. The van der Waals surface area contributed by atoms with Crippen LogP contribution in [0.4, 0.5) is 8.78 Å². The summed E-state index contributed by atoms with van der Waals surface area (Å²) in [6.07, 6.45) is 0.453. The van der Waals surface area contributed by atoms with Gasteiger partial charge in [-0.3, -0.25) is 11.3 Å². The zero-order valence-electron chi connectivity index (χ0n) is 11.0. The third-order valence-electron chi connectivity index (χ3n) is 3.21. The standard InChI is InChI=1S/C15H15ClF2N2/c1-9-6-11(3-4-12(9)16)15(20-19)8-10-2-5-13(17)14(18)7-10/h2-7,15,20H,8,19H2,1H3. The summed E-state index contributed by atoms with van der Waals surface area (Å²) in [5.74, 6) is 3.85. The van der Waals surface area contributed by atoms with Gasteiger partial charge in [0, 0.05) is 11.1 Å². The maximum atomic E-state index is 13.2. The minimum absolute atomic E-state index is 0.198. The van der Waals surface area contributed by atoms with Crippen molar-refractivity contribution in [1.29, 1.82) is 0 Å². The molecule has 0 saturated heterocycles. The molecule has 2 rings (SSSR count). The Hall–Kier alpha value is -1.49. The predicted molar refractivity (Wildman–Crippen MR) is 76.3 cm³/mol. The Morgan fingerprint density at radius 1 is 1.15 bits per heavy atom. The van der Waals surface area contributed by atoms with Gasteiger partial charge in [0.05, 0.1) is 0 Å². The van der Waals surface area contributed by atoms with Crippen molar-refractivity contribution in [2.75, 3.05) is 0 Å². The molecule has 1 unspecified atom stereocenters. The molecule has 0 amide bonds. The summed E-state index contributed by atoms with van der Waals surface area (Å²) in [5, 5.41) is 0.678. The van der Waals surface area contributed by atoms with Crippen LogP contribution in [-0.4, -0.2) is 0 Å². The summed E-state index contributed by atoms with van der Waals surface area (Å²) in [7, 11) is 0. The number of hydrogen-bond donors (Lipinski definition) is 2. The Balaban J connectivity index is 2.23. The van der Waals surface area contributed by atoms with Crippen LogP contribution < -0.4 is 11.3 Å². The highest BCUT2D eigenvalue weighted by atomic mass is 35.5. The molecule has 0 aliphatic carbocycles. The van der Waals surface area contributed by atoms with Crippen molar-refractivity contribution in [3.63, 3.8) is 0 Å². The van der Waals surface area contributed by atoms with Crippen LogP contribution in [0.3, 0.4) is 0 Å². The molecule has 0 saturated carbocycles. The van der Waals surface area contributed by atoms with Gasteiger partial charge in [-0.1, -0.05) is 29.8 Å². The average molecular weight is 297 g/mol. The summed E-state index contributed by atoms with van der Waals surface area (Å²) >= 11 is 5.98. The first-order chi connectivity index (χ1) is 9.51. The van der Waals surface area contributed by atoms with Crippen LogP contribution in [-0.2, 0) is 6.42 Å². The quantitative estimate of drug-likeness (QED) is 0.667. The maximum Gasteiger partial charge on any atom is 0.159 e. The molecule has 0 radical (unpaired) electrons. The van der Waals surface area contributed by atoms with Crippen LogP contribution in [0.2, 0.25) is 5.02 Å². The second-order valence-corrected chi connectivity index (χ2v) is 5.09. The van der Waals surface area contributed by atoms with Crippen LogP contribution in [0.1, 0.15) is 22.7 Å². The number of halogens is 3. The van der Waals surface area contributed by atoms with Crippen LogP contribution in [0, 0.1) is 18.6 Å². The number of hydrazine groups is 1. The predicted octanol–water partition coefficient (Wildman–Crippen LogP) is 3.67. The van der Waals surface area contributed by atoms with Crippen molar-refractivity contribution in [3.05, 3.63) is 69.7 Å². The zero-order chi connectivity index (χ0) is 14.7. The highest BCUT2D eigenvalue weighted by Crippen LogP contribution is 2.23. The lowest BCUT2D eigenvalue weighted by Crippen LogP contribution is -2.29. The molecule has 0 heterocycles. The molecule has 1 atom stereocenters. The lowest BCUT2D eigenvalue weighted by atomic mass is 9.98. The first kappa shape index (κ1) is 14.9. The van der Waals surface area contributed by atoms with Gasteiger partial charge in [0.1, 0.15) is 0 Å². The normalized spacial score (nSPS) is 12.4. The van der Waals surface area contributed by atoms with Crippen molar-refractivity contribution in [2.24, 2.45) is 5.84 Å². The minimum atomic E-state index is -0.856. The molecule has 5 heteroatoms. The Labute approximate surface area is 121 Å². The number of rotatable bonds is 4. The van der Waals surface area contributed by atoms with Crippen molar-refractivity contribution in [2.45, 2.75) is 19.4 Å². The largest absolute Gasteiger partial charge is 0.271 e. The van der Waals surface area contributed by atoms with Gasteiger partial charge in [-0.15, -0.1) is 0 Å². The van der Waals surface area contributed by atoms with Gasteiger partial charge in [0.2, 0.25) is 0 Å². The summed E-state index contributed by atoms with van der Waals surface area (Å²) in [5.41, 5.74) is 5.24. The molecule has 0 aliphatic rings. The van der Waals surface area contributed by atoms with E-state index in [9.17, 15) is 8.78 Å². The molecule has 2 aromatic carbocycles. The number of aryl methyl sites for hydroxylation is 1. The van der Waals surface area contributed by atoms with E-state index in [4.69, 9.17) is 17.4 Å². The number of nitrogens with two attached hydrogens (primary N) is 1. The number of benzene rings is 2. The summed E-state index contributed by atoms with van der Waals surface area (Å²) in [6.45, 7) is 1.90. The van der Waals surface area contributed by atoms with Crippen molar-refractivity contribution in [1.82, 2.24) is 5.43 Å². The molecular weight excluding hydrogens is 282 g/mol. The first-order valence-electron chi connectivity index (χ1n) is 6.17. The second kappa shape index (κ2) is 6.31. The zero-order valence-corrected chi connectivity index (χ0v) is 11.7. The molecule has 2 aromatic rings. The Kier molecular flexibility index (Phi) is 4.70. The molecule has 0 aromatic heterocycles. The van der Waals surface area contributed by atoms with Gasteiger partial charge in [0.15, 0.2) is 11.6 Å². The van der Waals surface area contributed by atoms with Gasteiger partial charge >= 0.3 is 0 Å². The highest BCUT2D eigenvalue weighted by Gasteiger charge is 2.13. The van der Waals surface area contributed by atoms with Crippen LogP contribution in [0.5, 0.6) is 0 Å². The van der Waals surface area contributed by atoms with Gasteiger partial charge in [-0.25, -0.2) is 8.78 Å². The minimum Gasteiger partial charge on any atom is -0.271 e. The van der Waals surface area contributed by atoms with E-state index in [0.717, 1.165) is 17.2 Å². The van der Waals surface area contributed by atoms with E-state index >= 15 is 0 Å². The van der Waals surface area contributed by atoms with Crippen molar-refractivity contribution in [3.8, 4) is 0 Å². The monoisotopic (exact) mass is 296 g/mol. The summed E-state index contributed by atoms with van der Waals surface area (Å²) in [4.78, 5) is 0. The Bertz CT molecular complexity index is 617. The molecule has 106 valence electrons. The molecule has 2 nitrogen and oxygen atoms in total. The highest BCUT2D eigenvalue weighted by molar-refractivity contribution is 6.31. The third-order valence-corrected chi connectivity index (χ3v) is 3.63. The lowest BCUT2D eigenvalue weighted by Gasteiger charge is -2.17. The molecule has 0 spiro atoms. The molecule has 0 aliphatic heterocycles. The van der Waals surface area contributed by atoms with Gasteiger partial charge in [-0.2, -0.15) is 0 Å². The van der Waals surface area contributed by atoms with E-state index < -0.39 is 11.6 Å². The van der Waals surface area contributed by atoms with Gasteiger partial charge in [0.25, 0.3) is 0 Å². The van der Waals surface area contributed by atoms with Gasteiger partial charge < -0.3 is 0 Å². The summed E-state index contributed by atoms with van der Waals surface area (Å²) < 4.78 is 26.1. The molecular formula is C15H15ClF2N2. The SMILES string of the molecule is Cc1cc(C(Cc2ccc(F)c(F)c2)NN)ccc1Cl. The van der Waals surface area contributed by atoms with Crippen LogP contribution >= 0.6 is 11.6 Å². The topological polar surface area (TPSA) is 38.0 Å². The Morgan fingerprint density at radius 2 is 1.90 bits per heavy atom. The maximum absolute atomic E-state index is 13.2. The smallest absolute Gasteiger partial charge is 0.159 e. The van der Waals surface area contributed by atoms with E-state index in [1.807, 2.05) is 19.1 Å². The molecule has 0 fully saturated rings. The van der Waals surface area contributed by atoms with Crippen molar-refractivity contribution >= 4 is 11.6 Å². The first-order valence-corrected chi connectivity index (χ1v) is 6.55. The van der Waals surface area contributed by atoms with E-state index in [1.54, 1.807) is 12.1 Å². The molecule has 0 bridgehead atoms. The van der Waals surface area contributed by atoms with E-state index in [2.05, 4.69) is 5.43 Å². The van der Waals surface area contributed by atoms with Crippen LogP contribution in [0.25, 0.3) is 0 Å².